The Labute approximate surface area is 133 Å². The smallest absolute Gasteiger partial charge is 0.319 e. The molecule has 0 unspecified atom stereocenters. The molecule has 2 rings (SSSR count). The topological polar surface area (TPSA) is 53.6 Å². The third-order valence-corrected chi connectivity index (χ3v) is 4.23. The van der Waals surface area contributed by atoms with Gasteiger partial charge in [-0.3, -0.25) is 0 Å². The van der Waals surface area contributed by atoms with Crippen LogP contribution in [0.4, 0.5) is 10.5 Å². The zero-order valence-electron chi connectivity index (χ0n) is 14.0. The van der Waals surface area contributed by atoms with E-state index < -0.39 is 0 Å². The lowest BCUT2D eigenvalue weighted by molar-refractivity contribution is 0.170. The van der Waals surface area contributed by atoms with E-state index in [1.54, 1.807) is 0 Å². The summed E-state index contributed by atoms with van der Waals surface area (Å²) in [6.07, 6.45) is 1.97. The van der Waals surface area contributed by atoms with Gasteiger partial charge < -0.3 is 20.3 Å². The molecule has 2 N–H and O–H groups in total. The predicted octanol–water partition coefficient (Wildman–Crippen LogP) is 3.00. The van der Waals surface area contributed by atoms with Crippen LogP contribution in [0.5, 0.6) is 5.75 Å². The van der Waals surface area contributed by atoms with Gasteiger partial charge >= 0.3 is 6.03 Å². The zero-order chi connectivity index (χ0) is 16.1. The number of aryl methyl sites for hydroxylation is 1. The van der Waals surface area contributed by atoms with Gasteiger partial charge in [0.05, 0.1) is 12.3 Å². The molecular weight excluding hydrogens is 278 g/mol. The average Bonchev–Trinajstić information content (AvgIpc) is 2.46. The van der Waals surface area contributed by atoms with Crippen molar-refractivity contribution in [3.8, 4) is 5.75 Å². The second kappa shape index (κ2) is 7.49. The van der Waals surface area contributed by atoms with Gasteiger partial charge in [0, 0.05) is 18.6 Å². The second-order valence-electron chi connectivity index (χ2n) is 6.08. The Morgan fingerprint density at radius 2 is 2.23 bits per heavy atom. The molecule has 5 nitrogen and oxygen atoms in total. The third-order valence-electron chi connectivity index (χ3n) is 4.23. The van der Waals surface area contributed by atoms with Gasteiger partial charge in [-0.25, -0.2) is 4.79 Å². The van der Waals surface area contributed by atoms with E-state index in [4.69, 9.17) is 4.74 Å². The first-order valence-electron chi connectivity index (χ1n) is 8.00. The first kappa shape index (κ1) is 16.6. The van der Waals surface area contributed by atoms with Crippen molar-refractivity contribution < 1.29 is 9.53 Å². The van der Waals surface area contributed by atoms with E-state index in [0.717, 1.165) is 30.7 Å². The molecule has 0 bridgehead atoms. The van der Waals surface area contributed by atoms with E-state index >= 15 is 0 Å². The van der Waals surface area contributed by atoms with Gasteiger partial charge in [0.1, 0.15) is 5.75 Å². The molecule has 1 aliphatic rings. The van der Waals surface area contributed by atoms with Crippen molar-refractivity contribution in [2.24, 2.45) is 0 Å². The number of urea groups is 1. The van der Waals surface area contributed by atoms with E-state index in [-0.39, 0.29) is 12.1 Å². The average molecular weight is 305 g/mol. The van der Waals surface area contributed by atoms with Crippen molar-refractivity contribution in [1.29, 1.82) is 0 Å². The Hall–Kier alpha value is -1.75. The number of piperidine rings is 1. The number of nitrogens with zero attached hydrogens (tertiary/aromatic N) is 1. The largest absolute Gasteiger partial charge is 0.492 e. The number of hydrogen-bond acceptors (Lipinski definition) is 3. The summed E-state index contributed by atoms with van der Waals surface area (Å²) in [7, 11) is 2.13. The van der Waals surface area contributed by atoms with Crippen molar-refractivity contribution in [3.05, 3.63) is 23.8 Å². The lowest BCUT2D eigenvalue weighted by Gasteiger charge is -2.35. The minimum absolute atomic E-state index is 0.161. The predicted molar refractivity (Wildman–Crippen MR) is 89.6 cm³/mol. The summed E-state index contributed by atoms with van der Waals surface area (Å²) >= 11 is 0. The van der Waals surface area contributed by atoms with Crippen LogP contribution in [0.1, 0.15) is 32.3 Å². The highest BCUT2D eigenvalue weighted by Gasteiger charge is 2.24. The van der Waals surface area contributed by atoms with Crippen molar-refractivity contribution in [2.75, 3.05) is 25.5 Å². The molecular formula is C17H27N3O2. The fraction of sp³-hybridized carbons (Fsp3) is 0.588. The van der Waals surface area contributed by atoms with Crippen LogP contribution in [0.3, 0.4) is 0 Å². The first-order chi connectivity index (χ1) is 10.5. The Morgan fingerprint density at radius 3 is 2.91 bits per heavy atom. The van der Waals surface area contributed by atoms with E-state index in [1.807, 2.05) is 32.0 Å². The summed E-state index contributed by atoms with van der Waals surface area (Å²) in [4.78, 5) is 14.5. The molecule has 1 aliphatic heterocycles. The van der Waals surface area contributed by atoms with Crippen LogP contribution >= 0.6 is 0 Å². The fourth-order valence-electron chi connectivity index (χ4n) is 2.77. The number of nitrogens with one attached hydrogen (secondary N) is 2. The number of amides is 2. The molecule has 0 spiro atoms. The van der Waals surface area contributed by atoms with E-state index in [0.29, 0.717) is 18.3 Å². The number of rotatable bonds is 4. The molecule has 1 heterocycles. The maximum absolute atomic E-state index is 12.2. The minimum Gasteiger partial charge on any atom is -0.492 e. The molecule has 122 valence electrons. The number of ether oxygens (including phenoxy) is 1. The van der Waals surface area contributed by atoms with Crippen LogP contribution < -0.4 is 15.4 Å². The summed E-state index contributed by atoms with van der Waals surface area (Å²) in [5, 5.41) is 5.98. The maximum Gasteiger partial charge on any atom is 0.319 e. The number of carbonyl (C=O) groups is 1. The number of hydrogen-bond donors (Lipinski definition) is 2. The Balaban J connectivity index is 1.94. The van der Waals surface area contributed by atoms with Gasteiger partial charge in [0.25, 0.3) is 0 Å². The lowest BCUT2D eigenvalue weighted by atomic mass is 9.99. The van der Waals surface area contributed by atoms with Crippen molar-refractivity contribution in [1.82, 2.24) is 10.2 Å². The normalized spacial score (nSPS) is 22.2. The highest BCUT2D eigenvalue weighted by molar-refractivity contribution is 5.91. The van der Waals surface area contributed by atoms with E-state index in [9.17, 15) is 4.79 Å². The molecule has 0 aromatic heterocycles. The lowest BCUT2D eigenvalue weighted by Crippen LogP contribution is -2.48. The summed E-state index contributed by atoms with van der Waals surface area (Å²) < 4.78 is 5.59. The highest BCUT2D eigenvalue weighted by Crippen LogP contribution is 2.26. The van der Waals surface area contributed by atoms with Gasteiger partial charge in [-0.05, 0) is 58.4 Å². The Bertz CT molecular complexity index is 519. The van der Waals surface area contributed by atoms with E-state index in [1.165, 1.54) is 0 Å². The van der Waals surface area contributed by atoms with Crippen LogP contribution in [0.15, 0.2) is 18.2 Å². The molecule has 2 atom stereocenters. The van der Waals surface area contributed by atoms with Crippen molar-refractivity contribution in [2.45, 2.75) is 45.7 Å². The Morgan fingerprint density at radius 1 is 1.45 bits per heavy atom. The molecule has 0 radical (unpaired) electrons. The molecule has 1 aromatic rings. The van der Waals surface area contributed by atoms with Crippen LogP contribution in [0.2, 0.25) is 0 Å². The van der Waals surface area contributed by atoms with Crippen LogP contribution in [0.25, 0.3) is 0 Å². The van der Waals surface area contributed by atoms with Crippen LogP contribution in [-0.2, 0) is 0 Å². The summed E-state index contributed by atoms with van der Waals surface area (Å²) in [5.74, 6) is 0.717. The minimum atomic E-state index is -0.161. The van der Waals surface area contributed by atoms with Gasteiger partial charge in [-0.2, -0.15) is 0 Å². The maximum atomic E-state index is 12.2. The molecule has 2 amide bonds. The fourth-order valence-corrected chi connectivity index (χ4v) is 2.77. The number of likely N-dealkylation sites (tertiary alicyclic amines) is 1. The Kier molecular flexibility index (Phi) is 5.66. The highest BCUT2D eigenvalue weighted by atomic mass is 16.5. The molecule has 1 aromatic carbocycles. The van der Waals surface area contributed by atoms with Gasteiger partial charge in [-0.15, -0.1) is 0 Å². The molecule has 0 aliphatic carbocycles. The van der Waals surface area contributed by atoms with E-state index in [2.05, 4.69) is 29.5 Å². The number of anilines is 1. The number of carbonyl (C=O) groups excluding carboxylic acids is 1. The van der Waals surface area contributed by atoms with Crippen LogP contribution in [0, 0.1) is 6.92 Å². The molecule has 22 heavy (non-hydrogen) atoms. The first-order valence-corrected chi connectivity index (χ1v) is 8.00. The molecule has 0 saturated carbocycles. The van der Waals surface area contributed by atoms with Crippen LogP contribution in [-0.4, -0.2) is 43.2 Å². The van der Waals surface area contributed by atoms with Gasteiger partial charge in [-0.1, -0.05) is 6.07 Å². The summed E-state index contributed by atoms with van der Waals surface area (Å²) in [5.41, 5.74) is 1.82. The summed E-state index contributed by atoms with van der Waals surface area (Å²) in [6.45, 7) is 7.73. The zero-order valence-corrected chi connectivity index (χ0v) is 14.0. The summed E-state index contributed by atoms with van der Waals surface area (Å²) in [6, 6.07) is 6.36. The third kappa shape index (κ3) is 4.37. The molecule has 5 heteroatoms. The monoisotopic (exact) mass is 305 g/mol. The molecule has 1 fully saturated rings. The SMILES string of the molecule is CCOc1cc(C)ccc1NC(=O)N[C@H]1CCN(C)[C@H](C)C1. The van der Waals surface area contributed by atoms with Gasteiger partial charge in [0.2, 0.25) is 0 Å². The quantitative estimate of drug-likeness (QED) is 0.899. The van der Waals surface area contributed by atoms with Crippen molar-refractivity contribution >= 4 is 11.7 Å². The van der Waals surface area contributed by atoms with Gasteiger partial charge in [0.15, 0.2) is 0 Å². The molecule has 1 saturated heterocycles. The standard InChI is InChI=1S/C17H27N3O2/c1-5-22-16-10-12(2)6-7-15(16)19-17(21)18-14-8-9-20(4)13(3)11-14/h6-7,10,13-14H,5,8-9,11H2,1-4H3,(H2,18,19,21)/t13-,14+/m1/s1. The van der Waals surface area contributed by atoms with Crippen molar-refractivity contribution in [3.63, 3.8) is 0 Å². The number of benzene rings is 1. The second-order valence-corrected chi connectivity index (χ2v) is 6.08.